The largest absolute Gasteiger partial charge is 0.494 e. The van der Waals surface area contributed by atoms with E-state index in [9.17, 15) is 9.90 Å². The quantitative estimate of drug-likeness (QED) is 0.169. The summed E-state index contributed by atoms with van der Waals surface area (Å²) in [6.07, 6.45) is 3.78. The maximum Gasteiger partial charge on any atom is 0.307 e. The van der Waals surface area contributed by atoms with Crippen LogP contribution in [0.1, 0.15) is 43.4 Å². The van der Waals surface area contributed by atoms with Crippen molar-refractivity contribution in [3.63, 3.8) is 0 Å². The number of rotatable bonds is 9. The minimum atomic E-state index is -0.259. The molecule has 6 rings (SSSR count). The number of carbonyl (C=O) groups excluding carboxylic acids is 1. The summed E-state index contributed by atoms with van der Waals surface area (Å²) in [5.74, 6) is -0.0628. The van der Waals surface area contributed by atoms with Gasteiger partial charge in [0.2, 0.25) is 0 Å². The number of nitrogens with two attached hydrogens (primary N) is 1. The molecule has 1 aliphatic rings. The molecule has 0 radical (unpaired) electrons. The predicted molar refractivity (Wildman–Crippen MR) is 150 cm³/mol. The third-order valence-electron chi connectivity index (χ3n) is 7.47. The van der Waals surface area contributed by atoms with Crippen LogP contribution >= 0.6 is 0 Å². The number of benzene rings is 3. The van der Waals surface area contributed by atoms with Crippen molar-refractivity contribution in [3.05, 3.63) is 65.4 Å². The highest BCUT2D eigenvalue weighted by Gasteiger charge is 2.29. The van der Waals surface area contributed by atoms with E-state index in [-0.39, 0.29) is 24.4 Å². The molecule has 38 heavy (non-hydrogen) atoms. The number of aromatic amines is 1. The maximum absolute atomic E-state index is 11.9. The molecule has 0 amide bonds. The van der Waals surface area contributed by atoms with E-state index in [4.69, 9.17) is 15.2 Å². The van der Waals surface area contributed by atoms with Crippen LogP contribution in [0.3, 0.4) is 0 Å². The van der Waals surface area contributed by atoms with Crippen LogP contribution < -0.4 is 5.73 Å². The number of carbonyl (C=O) groups is 1. The van der Waals surface area contributed by atoms with Gasteiger partial charge in [-0.3, -0.25) is 4.79 Å². The molecular formula is C31H33N3O4. The fraction of sp³-hybridized carbons (Fsp3) is 0.323. The van der Waals surface area contributed by atoms with Gasteiger partial charge in [-0.05, 0) is 54.7 Å². The molecule has 196 valence electrons. The molecule has 5 aromatic rings. The van der Waals surface area contributed by atoms with Crippen molar-refractivity contribution in [1.29, 1.82) is 0 Å². The van der Waals surface area contributed by atoms with Crippen LogP contribution in [0.25, 0.3) is 43.7 Å². The number of fused-ring (bicyclic) bond motifs is 10. The van der Waals surface area contributed by atoms with Crippen molar-refractivity contribution in [3.8, 4) is 17.0 Å². The Hall–Kier alpha value is -3.81. The lowest BCUT2D eigenvalue weighted by atomic mass is 9.96. The van der Waals surface area contributed by atoms with E-state index in [1.807, 2.05) is 20.0 Å². The maximum atomic E-state index is 11.9. The summed E-state index contributed by atoms with van der Waals surface area (Å²) in [4.78, 5) is 14.9. The summed E-state index contributed by atoms with van der Waals surface area (Å²) in [5.41, 5.74) is 13.6. The third kappa shape index (κ3) is 4.03. The van der Waals surface area contributed by atoms with Crippen molar-refractivity contribution >= 4 is 38.5 Å². The van der Waals surface area contributed by atoms with Crippen LogP contribution in [-0.2, 0) is 33.8 Å². The standard InChI is InChI=1S/C31H33N3O4/c1-18(2)38-17-19-8-9-25-22(14-19)28-24-16-33-31(36)29(24)27-21-7-4-3-6-20(21)15-23(27)30(28)34(25)12-5-13-37-26(35)10-11-32/h3-4,6-9,14,16,18,33,36H,5,10-13,15,17,32H2,1-2H3. The lowest BCUT2D eigenvalue weighted by molar-refractivity contribution is -0.143. The summed E-state index contributed by atoms with van der Waals surface area (Å²) in [5, 5.41) is 15.1. The Morgan fingerprint density at radius 3 is 2.82 bits per heavy atom. The van der Waals surface area contributed by atoms with E-state index < -0.39 is 0 Å². The van der Waals surface area contributed by atoms with Crippen LogP contribution in [0, 0.1) is 0 Å². The van der Waals surface area contributed by atoms with Crippen molar-refractivity contribution in [1.82, 2.24) is 9.55 Å². The average Bonchev–Trinajstić information content (AvgIpc) is 3.57. The summed E-state index contributed by atoms with van der Waals surface area (Å²) in [6, 6.07) is 15.0. The Bertz CT molecular complexity index is 1680. The summed E-state index contributed by atoms with van der Waals surface area (Å²) in [6.45, 7) is 5.95. The Morgan fingerprint density at radius 1 is 1.16 bits per heavy atom. The van der Waals surface area contributed by atoms with Crippen molar-refractivity contribution < 1.29 is 19.4 Å². The number of hydrogen-bond acceptors (Lipinski definition) is 5. The van der Waals surface area contributed by atoms with E-state index in [0.717, 1.165) is 44.6 Å². The Kier molecular flexibility index (Phi) is 6.33. The SMILES string of the molecule is CC(C)OCc1ccc2c(c1)c1c3c[nH]c(O)c3c3c(c1n2CCCOC(=O)CCN)Cc1ccccc1-3. The van der Waals surface area contributed by atoms with E-state index in [0.29, 0.717) is 32.7 Å². The van der Waals surface area contributed by atoms with E-state index in [1.165, 1.54) is 22.2 Å². The second-order valence-electron chi connectivity index (χ2n) is 10.3. The normalized spacial score (nSPS) is 12.6. The molecule has 7 nitrogen and oxygen atoms in total. The molecule has 0 atom stereocenters. The van der Waals surface area contributed by atoms with Gasteiger partial charge < -0.3 is 29.9 Å². The molecule has 0 saturated carbocycles. The number of nitrogens with one attached hydrogen (secondary N) is 1. The Balaban J connectivity index is 1.56. The zero-order chi connectivity index (χ0) is 26.4. The first-order chi connectivity index (χ1) is 18.5. The number of esters is 1. The molecule has 0 spiro atoms. The summed E-state index contributed by atoms with van der Waals surface area (Å²) >= 11 is 0. The van der Waals surface area contributed by atoms with Gasteiger partial charge in [0.15, 0.2) is 5.88 Å². The van der Waals surface area contributed by atoms with Crippen LogP contribution in [0.5, 0.6) is 5.88 Å². The molecule has 2 heterocycles. The fourth-order valence-corrected chi connectivity index (χ4v) is 5.88. The predicted octanol–water partition coefficient (Wildman–Crippen LogP) is 5.76. The summed E-state index contributed by atoms with van der Waals surface area (Å²) in [7, 11) is 0. The first-order valence-corrected chi connectivity index (χ1v) is 13.3. The first kappa shape index (κ1) is 24.5. The molecule has 7 heteroatoms. The Labute approximate surface area is 221 Å². The molecule has 0 bridgehead atoms. The molecule has 0 fully saturated rings. The first-order valence-electron chi connectivity index (χ1n) is 13.3. The highest BCUT2D eigenvalue weighted by molar-refractivity contribution is 6.27. The van der Waals surface area contributed by atoms with Crippen molar-refractivity contribution in [2.24, 2.45) is 5.73 Å². The van der Waals surface area contributed by atoms with Gasteiger partial charge in [-0.2, -0.15) is 0 Å². The number of aromatic hydroxyl groups is 1. The molecule has 4 N–H and O–H groups in total. The van der Waals surface area contributed by atoms with Crippen LogP contribution in [0.15, 0.2) is 48.7 Å². The highest BCUT2D eigenvalue weighted by atomic mass is 16.5. The Morgan fingerprint density at radius 2 is 2.00 bits per heavy atom. The topological polar surface area (TPSA) is 102 Å². The zero-order valence-electron chi connectivity index (χ0n) is 21.8. The van der Waals surface area contributed by atoms with E-state index in [2.05, 4.69) is 52.0 Å². The molecule has 2 aromatic heterocycles. The van der Waals surface area contributed by atoms with Gasteiger partial charge in [-0.25, -0.2) is 0 Å². The van der Waals surface area contributed by atoms with Crippen molar-refractivity contribution in [2.75, 3.05) is 13.2 Å². The molecule has 0 unspecified atom stereocenters. The van der Waals surface area contributed by atoms with Gasteiger partial charge in [0.1, 0.15) is 0 Å². The smallest absolute Gasteiger partial charge is 0.307 e. The van der Waals surface area contributed by atoms with Gasteiger partial charge in [0, 0.05) is 52.9 Å². The van der Waals surface area contributed by atoms with Crippen LogP contribution in [0.2, 0.25) is 0 Å². The van der Waals surface area contributed by atoms with Gasteiger partial charge >= 0.3 is 5.97 Å². The second-order valence-corrected chi connectivity index (χ2v) is 10.3. The summed E-state index contributed by atoms with van der Waals surface area (Å²) < 4.78 is 13.7. The van der Waals surface area contributed by atoms with Gasteiger partial charge in [0.05, 0.1) is 36.6 Å². The number of ether oxygens (including phenoxy) is 2. The average molecular weight is 512 g/mol. The number of aromatic nitrogens is 2. The lowest BCUT2D eigenvalue weighted by Gasteiger charge is -2.12. The molecular weight excluding hydrogens is 478 g/mol. The second kappa shape index (κ2) is 9.82. The highest BCUT2D eigenvalue weighted by Crippen LogP contribution is 2.50. The van der Waals surface area contributed by atoms with Crippen molar-refractivity contribution in [2.45, 2.75) is 52.4 Å². The minimum Gasteiger partial charge on any atom is -0.494 e. The number of H-pyrrole nitrogens is 1. The minimum absolute atomic E-state index is 0.143. The van der Waals surface area contributed by atoms with Crippen LogP contribution in [-0.4, -0.2) is 39.9 Å². The number of nitrogens with zero attached hydrogens (tertiary/aromatic N) is 1. The zero-order valence-corrected chi connectivity index (χ0v) is 21.8. The lowest BCUT2D eigenvalue weighted by Crippen LogP contribution is -2.13. The monoisotopic (exact) mass is 511 g/mol. The molecule has 3 aromatic carbocycles. The van der Waals surface area contributed by atoms with Crippen LogP contribution in [0.4, 0.5) is 0 Å². The van der Waals surface area contributed by atoms with E-state index in [1.54, 1.807) is 0 Å². The van der Waals surface area contributed by atoms with E-state index >= 15 is 0 Å². The number of hydrogen-bond donors (Lipinski definition) is 3. The molecule has 0 aliphatic heterocycles. The molecule has 0 saturated heterocycles. The molecule has 1 aliphatic carbocycles. The third-order valence-corrected chi connectivity index (χ3v) is 7.47. The van der Waals surface area contributed by atoms with Gasteiger partial charge in [-0.15, -0.1) is 0 Å². The van der Waals surface area contributed by atoms with Gasteiger partial charge in [0.25, 0.3) is 0 Å². The number of aryl methyl sites for hydroxylation is 1. The fourth-order valence-electron chi connectivity index (χ4n) is 5.88. The van der Waals surface area contributed by atoms with Gasteiger partial charge in [-0.1, -0.05) is 30.3 Å².